The van der Waals surface area contributed by atoms with E-state index in [1.807, 2.05) is 0 Å². The lowest BCUT2D eigenvalue weighted by Crippen LogP contribution is -2.55. The predicted octanol–water partition coefficient (Wildman–Crippen LogP) is 3.02. The van der Waals surface area contributed by atoms with E-state index in [0.29, 0.717) is 31.2 Å². The van der Waals surface area contributed by atoms with Gasteiger partial charge in [-0.3, -0.25) is 4.90 Å². The van der Waals surface area contributed by atoms with Crippen LogP contribution in [0.4, 0.5) is 13.2 Å². The summed E-state index contributed by atoms with van der Waals surface area (Å²) >= 11 is 0. The third-order valence-electron chi connectivity index (χ3n) is 5.42. The number of rotatable bonds is 2. The van der Waals surface area contributed by atoms with Crippen molar-refractivity contribution < 1.29 is 13.2 Å². The molecule has 0 spiro atoms. The number of hydrogen-bond donors (Lipinski definition) is 1. The van der Waals surface area contributed by atoms with Crippen LogP contribution in [0, 0.1) is 17.8 Å². The smallest absolute Gasteiger partial charge is 0.329 e. The zero-order valence-corrected chi connectivity index (χ0v) is 11.8. The largest absolute Gasteiger partial charge is 0.391 e. The van der Waals surface area contributed by atoms with Crippen LogP contribution in [0.2, 0.25) is 0 Å². The Hall–Kier alpha value is -0.290. The van der Waals surface area contributed by atoms with Crippen molar-refractivity contribution in [2.45, 2.75) is 51.2 Å². The summed E-state index contributed by atoms with van der Waals surface area (Å²) in [5.41, 5.74) is 5.76. The average Bonchev–Trinajstić information content (AvgIpc) is 2.69. The fraction of sp³-hybridized carbons (Fsp3) is 1.00. The minimum atomic E-state index is -4.04. The number of hydrogen-bond acceptors (Lipinski definition) is 2. The topological polar surface area (TPSA) is 29.3 Å². The molecule has 2 nitrogen and oxygen atoms in total. The van der Waals surface area contributed by atoms with Crippen molar-refractivity contribution in [1.82, 2.24) is 4.90 Å². The Balaban J connectivity index is 2.02. The Morgan fingerprint density at radius 1 is 1.11 bits per heavy atom. The summed E-state index contributed by atoms with van der Waals surface area (Å²) in [5, 5.41) is 0. The molecule has 0 aromatic heterocycles. The standard InChI is InChI=1S/C14H25F3N2/c1-10-7-19(8-11(10)2)13(9-18)5-3-12(4-6-13)14(15,16)17/h10-12H,3-9,18H2,1-2H3. The summed E-state index contributed by atoms with van der Waals surface area (Å²) in [6.07, 6.45) is -2.38. The van der Waals surface area contributed by atoms with E-state index in [4.69, 9.17) is 5.73 Å². The first-order valence-corrected chi connectivity index (χ1v) is 7.30. The predicted molar refractivity (Wildman–Crippen MR) is 69.7 cm³/mol. The monoisotopic (exact) mass is 278 g/mol. The second-order valence-electron chi connectivity index (χ2n) is 6.60. The van der Waals surface area contributed by atoms with E-state index in [9.17, 15) is 13.2 Å². The van der Waals surface area contributed by atoms with E-state index < -0.39 is 12.1 Å². The van der Waals surface area contributed by atoms with Crippen LogP contribution in [0.15, 0.2) is 0 Å². The number of alkyl halides is 3. The van der Waals surface area contributed by atoms with Crippen LogP contribution in [0.25, 0.3) is 0 Å². The van der Waals surface area contributed by atoms with Gasteiger partial charge in [0.25, 0.3) is 0 Å². The molecule has 19 heavy (non-hydrogen) atoms. The quantitative estimate of drug-likeness (QED) is 0.841. The Kier molecular flexibility index (Phi) is 4.17. The second-order valence-corrected chi connectivity index (χ2v) is 6.60. The molecule has 2 aliphatic rings. The van der Waals surface area contributed by atoms with Crippen LogP contribution >= 0.6 is 0 Å². The van der Waals surface area contributed by atoms with Crippen LogP contribution < -0.4 is 5.73 Å². The van der Waals surface area contributed by atoms with E-state index in [-0.39, 0.29) is 18.4 Å². The van der Waals surface area contributed by atoms with Crippen molar-refractivity contribution in [3.8, 4) is 0 Å². The maximum Gasteiger partial charge on any atom is 0.391 e. The molecule has 0 aromatic carbocycles. The van der Waals surface area contributed by atoms with E-state index in [0.717, 1.165) is 13.1 Å². The van der Waals surface area contributed by atoms with Crippen LogP contribution in [-0.4, -0.2) is 36.2 Å². The number of nitrogens with zero attached hydrogens (tertiary/aromatic N) is 1. The van der Waals surface area contributed by atoms with Crippen LogP contribution in [0.3, 0.4) is 0 Å². The SMILES string of the molecule is CC1CN(C2(CN)CCC(C(F)(F)F)CC2)CC1C. The fourth-order valence-corrected chi connectivity index (χ4v) is 3.65. The summed E-state index contributed by atoms with van der Waals surface area (Å²) in [7, 11) is 0. The van der Waals surface area contributed by atoms with Gasteiger partial charge in [-0.05, 0) is 37.5 Å². The molecule has 1 saturated heterocycles. The van der Waals surface area contributed by atoms with E-state index in [2.05, 4.69) is 18.7 Å². The van der Waals surface area contributed by atoms with Gasteiger partial charge in [0.2, 0.25) is 0 Å². The highest BCUT2D eigenvalue weighted by atomic mass is 19.4. The molecular formula is C14H25F3N2. The summed E-state index contributed by atoms with van der Waals surface area (Å²) < 4.78 is 38.3. The van der Waals surface area contributed by atoms with Gasteiger partial charge in [0.15, 0.2) is 0 Å². The fourth-order valence-electron chi connectivity index (χ4n) is 3.65. The van der Waals surface area contributed by atoms with Crippen molar-refractivity contribution in [3.63, 3.8) is 0 Å². The third kappa shape index (κ3) is 2.92. The van der Waals surface area contributed by atoms with Crippen LogP contribution in [0.1, 0.15) is 39.5 Å². The van der Waals surface area contributed by atoms with Gasteiger partial charge in [-0.15, -0.1) is 0 Å². The number of likely N-dealkylation sites (tertiary alicyclic amines) is 1. The molecule has 1 saturated carbocycles. The molecule has 1 aliphatic heterocycles. The van der Waals surface area contributed by atoms with Gasteiger partial charge in [-0.2, -0.15) is 13.2 Å². The second kappa shape index (κ2) is 5.24. The zero-order chi connectivity index (χ0) is 14.3. The Morgan fingerprint density at radius 3 is 1.95 bits per heavy atom. The Bertz CT molecular complexity index is 298. The average molecular weight is 278 g/mol. The van der Waals surface area contributed by atoms with E-state index in [1.54, 1.807) is 0 Å². The maximum absolute atomic E-state index is 12.8. The van der Waals surface area contributed by atoms with Crippen LogP contribution in [0.5, 0.6) is 0 Å². The van der Waals surface area contributed by atoms with Gasteiger partial charge >= 0.3 is 6.18 Å². The molecule has 0 aromatic rings. The number of nitrogens with two attached hydrogens (primary N) is 1. The Morgan fingerprint density at radius 2 is 1.58 bits per heavy atom. The van der Waals surface area contributed by atoms with Crippen molar-refractivity contribution in [3.05, 3.63) is 0 Å². The molecule has 1 aliphatic carbocycles. The van der Waals surface area contributed by atoms with Gasteiger partial charge in [-0.1, -0.05) is 13.8 Å². The highest BCUT2D eigenvalue weighted by Gasteiger charge is 2.48. The molecule has 2 fully saturated rings. The lowest BCUT2D eigenvalue weighted by Gasteiger charge is -2.46. The number of halogens is 3. The van der Waals surface area contributed by atoms with Crippen LogP contribution in [-0.2, 0) is 0 Å². The van der Waals surface area contributed by atoms with Crippen molar-refractivity contribution in [2.75, 3.05) is 19.6 Å². The van der Waals surface area contributed by atoms with Gasteiger partial charge in [0.1, 0.15) is 0 Å². The van der Waals surface area contributed by atoms with Gasteiger partial charge in [0.05, 0.1) is 5.92 Å². The summed E-state index contributed by atoms with van der Waals surface area (Å²) in [4.78, 5) is 2.37. The van der Waals surface area contributed by atoms with Gasteiger partial charge in [0, 0.05) is 25.2 Å². The highest BCUT2D eigenvalue weighted by Crippen LogP contribution is 2.44. The third-order valence-corrected chi connectivity index (χ3v) is 5.42. The first-order valence-electron chi connectivity index (χ1n) is 7.30. The molecule has 112 valence electrons. The summed E-state index contributed by atoms with van der Waals surface area (Å²) in [5.74, 6) is 0.108. The normalized spacial score (nSPS) is 41.7. The molecule has 0 amide bonds. The van der Waals surface area contributed by atoms with Gasteiger partial charge < -0.3 is 5.73 Å². The van der Waals surface area contributed by atoms with Crippen molar-refractivity contribution in [1.29, 1.82) is 0 Å². The maximum atomic E-state index is 12.8. The molecule has 2 unspecified atom stereocenters. The van der Waals surface area contributed by atoms with E-state index >= 15 is 0 Å². The lowest BCUT2D eigenvalue weighted by molar-refractivity contribution is -0.188. The Labute approximate surface area is 113 Å². The minimum Gasteiger partial charge on any atom is -0.329 e. The van der Waals surface area contributed by atoms with E-state index in [1.165, 1.54) is 0 Å². The van der Waals surface area contributed by atoms with Gasteiger partial charge in [-0.25, -0.2) is 0 Å². The molecule has 0 bridgehead atoms. The molecule has 5 heteroatoms. The molecular weight excluding hydrogens is 253 g/mol. The lowest BCUT2D eigenvalue weighted by atomic mass is 9.75. The summed E-state index contributed by atoms with van der Waals surface area (Å²) in [6.45, 7) is 6.88. The molecule has 0 radical (unpaired) electrons. The highest BCUT2D eigenvalue weighted by molar-refractivity contribution is 5.00. The zero-order valence-electron chi connectivity index (χ0n) is 11.8. The van der Waals surface area contributed by atoms with Crippen molar-refractivity contribution >= 4 is 0 Å². The summed E-state index contributed by atoms with van der Waals surface area (Å²) in [6, 6.07) is 0. The molecule has 2 atom stereocenters. The first kappa shape index (κ1) is 15.1. The molecule has 2 rings (SSSR count). The minimum absolute atomic E-state index is 0.180. The molecule has 1 heterocycles. The first-order chi connectivity index (χ1) is 8.78. The molecule has 2 N–H and O–H groups in total. The van der Waals surface area contributed by atoms with Crippen molar-refractivity contribution in [2.24, 2.45) is 23.5 Å².